The molecule has 0 atom stereocenters. The first-order chi connectivity index (χ1) is 8.15. The van der Waals surface area contributed by atoms with Crippen molar-refractivity contribution in [1.29, 1.82) is 0 Å². The van der Waals surface area contributed by atoms with Crippen molar-refractivity contribution in [3.05, 3.63) is 28.7 Å². The lowest BCUT2D eigenvalue weighted by Gasteiger charge is -2.26. The molecule has 0 unspecified atom stereocenters. The van der Waals surface area contributed by atoms with Crippen LogP contribution in [-0.4, -0.2) is 41.6 Å². The summed E-state index contributed by atoms with van der Waals surface area (Å²) in [6.45, 7) is 3.12. The van der Waals surface area contributed by atoms with Crippen LogP contribution in [0.2, 0.25) is 0 Å². The normalized spacial score (nSPS) is 16.8. The van der Waals surface area contributed by atoms with E-state index >= 15 is 0 Å². The van der Waals surface area contributed by atoms with Crippen LogP contribution in [0.25, 0.3) is 0 Å². The van der Waals surface area contributed by atoms with Gasteiger partial charge in [-0.25, -0.2) is 0 Å². The fourth-order valence-corrected chi connectivity index (χ4v) is 1.86. The predicted molar refractivity (Wildman–Crippen MR) is 64.6 cm³/mol. The zero-order chi connectivity index (χ0) is 12.3. The van der Waals surface area contributed by atoms with Crippen LogP contribution in [0.15, 0.2) is 23.1 Å². The van der Waals surface area contributed by atoms with Crippen LogP contribution in [0.1, 0.15) is 0 Å². The van der Waals surface area contributed by atoms with Gasteiger partial charge in [0.1, 0.15) is 0 Å². The Hall–Kier alpha value is -1.82. The Bertz CT molecular complexity index is 469. The number of pyridine rings is 1. The summed E-state index contributed by atoms with van der Waals surface area (Å²) in [4.78, 5) is 24.7. The van der Waals surface area contributed by atoms with E-state index in [1.54, 1.807) is 16.8 Å². The number of hydrogen-bond donors (Lipinski definition) is 2. The molecule has 2 heterocycles. The van der Waals surface area contributed by atoms with Gasteiger partial charge in [0.2, 0.25) is 5.91 Å². The highest BCUT2D eigenvalue weighted by atomic mass is 16.2. The Labute approximate surface area is 99.0 Å². The molecule has 92 valence electrons. The number of carbonyl (C=O) groups excluding carboxylic acids is 1. The van der Waals surface area contributed by atoms with Crippen molar-refractivity contribution >= 4 is 11.6 Å². The molecule has 0 aromatic carbocycles. The van der Waals surface area contributed by atoms with E-state index in [2.05, 4.69) is 5.32 Å². The average Bonchev–Trinajstić information content (AvgIpc) is 2.30. The van der Waals surface area contributed by atoms with Crippen LogP contribution in [0.3, 0.4) is 0 Å². The topological polar surface area (TPSA) is 80.4 Å². The minimum absolute atomic E-state index is 0.0381. The zero-order valence-electron chi connectivity index (χ0n) is 9.56. The highest BCUT2D eigenvalue weighted by Gasteiger charge is 2.15. The van der Waals surface area contributed by atoms with E-state index in [4.69, 9.17) is 5.73 Å². The van der Waals surface area contributed by atoms with Crippen LogP contribution >= 0.6 is 0 Å². The number of anilines is 1. The largest absolute Gasteiger partial charge is 0.398 e. The smallest absolute Gasteiger partial charge is 0.250 e. The van der Waals surface area contributed by atoms with Crippen LogP contribution in [0.5, 0.6) is 0 Å². The predicted octanol–water partition coefficient (Wildman–Crippen LogP) is -1.14. The average molecular weight is 236 g/mol. The fourth-order valence-electron chi connectivity index (χ4n) is 1.86. The Balaban J connectivity index is 1.95. The first-order valence-electron chi connectivity index (χ1n) is 5.60. The molecule has 1 fully saturated rings. The number of nitrogen functional groups attached to an aromatic ring is 1. The van der Waals surface area contributed by atoms with Crippen LogP contribution in [0, 0.1) is 0 Å². The summed E-state index contributed by atoms with van der Waals surface area (Å²) in [5.41, 5.74) is 6.12. The third-order valence-electron chi connectivity index (χ3n) is 2.78. The third-order valence-corrected chi connectivity index (χ3v) is 2.78. The number of amides is 1. The highest BCUT2D eigenvalue weighted by Crippen LogP contribution is 1.98. The summed E-state index contributed by atoms with van der Waals surface area (Å²) in [7, 11) is 0. The van der Waals surface area contributed by atoms with Gasteiger partial charge in [-0.15, -0.1) is 0 Å². The number of piperazine rings is 1. The fraction of sp³-hybridized carbons (Fsp3) is 0.455. The van der Waals surface area contributed by atoms with Crippen molar-refractivity contribution in [2.45, 2.75) is 6.54 Å². The van der Waals surface area contributed by atoms with E-state index in [1.165, 1.54) is 6.07 Å². The van der Waals surface area contributed by atoms with Gasteiger partial charge in [-0.3, -0.25) is 14.5 Å². The molecule has 0 saturated carbocycles. The van der Waals surface area contributed by atoms with Gasteiger partial charge in [0.15, 0.2) is 0 Å². The van der Waals surface area contributed by atoms with Gasteiger partial charge in [-0.1, -0.05) is 0 Å². The molecule has 0 radical (unpaired) electrons. The van der Waals surface area contributed by atoms with Crippen molar-refractivity contribution in [2.24, 2.45) is 0 Å². The van der Waals surface area contributed by atoms with Crippen LogP contribution < -0.4 is 16.6 Å². The molecule has 2 rings (SSSR count). The zero-order valence-corrected chi connectivity index (χ0v) is 9.56. The molecule has 1 saturated heterocycles. The molecule has 6 nitrogen and oxygen atoms in total. The molecular formula is C11H16N4O2. The van der Waals surface area contributed by atoms with E-state index in [1.807, 2.05) is 4.90 Å². The Morgan fingerprint density at radius 1 is 1.29 bits per heavy atom. The molecule has 0 aliphatic carbocycles. The van der Waals surface area contributed by atoms with Crippen LogP contribution in [0.4, 0.5) is 5.69 Å². The lowest BCUT2D eigenvalue weighted by Crippen LogP contribution is -2.48. The molecule has 3 N–H and O–H groups in total. The Morgan fingerprint density at radius 2 is 2.12 bits per heavy atom. The first kappa shape index (κ1) is 11.7. The molecule has 17 heavy (non-hydrogen) atoms. The second-order valence-corrected chi connectivity index (χ2v) is 4.12. The Kier molecular flexibility index (Phi) is 3.43. The molecular weight excluding hydrogens is 220 g/mol. The first-order valence-corrected chi connectivity index (χ1v) is 5.60. The van der Waals surface area contributed by atoms with Crippen LogP contribution in [-0.2, 0) is 11.3 Å². The molecule has 1 aliphatic rings. The quantitative estimate of drug-likeness (QED) is 0.695. The third kappa shape index (κ3) is 3.07. The monoisotopic (exact) mass is 236 g/mol. The van der Waals surface area contributed by atoms with Crippen molar-refractivity contribution in [2.75, 3.05) is 31.9 Å². The van der Waals surface area contributed by atoms with E-state index < -0.39 is 0 Å². The number of nitrogens with two attached hydrogens (primary N) is 1. The number of aromatic nitrogens is 1. The van der Waals surface area contributed by atoms with Gasteiger partial charge >= 0.3 is 0 Å². The SMILES string of the molecule is Nc1ccc(=O)n(CCN2CCNC(=O)C2)c1. The summed E-state index contributed by atoms with van der Waals surface area (Å²) in [6.07, 6.45) is 1.63. The molecule has 1 aromatic heterocycles. The molecule has 6 heteroatoms. The number of nitrogens with zero attached hydrogens (tertiary/aromatic N) is 2. The maximum atomic E-state index is 11.5. The second-order valence-electron chi connectivity index (χ2n) is 4.12. The highest BCUT2D eigenvalue weighted by molar-refractivity contribution is 5.78. The van der Waals surface area contributed by atoms with Gasteiger partial charge in [0, 0.05) is 44.1 Å². The summed E-state index contributed by atoms with van der Waals surface area (Å²) in [5.74, 6) is 0.0381. The van der Waals surface area contributed by atoms with Gasteiger partial charge in [0.25, 0.3) is 5.56 Å². The molecule has 1 aliphatic heterocycles. The van der Waals surface area contributed by atoms with Gasteiger partial charge in [0.05, 0.1) is 6.54 Å². The van der Waals surface area contributed by atoms with Crippen molar-refractivity contribution in [3.8, 4) is 0 Å². The van der Waals surface area contributed by atoms with Gasteiger partial charge in [-0.05, 0) is 6.07 Å². The maximum absolute atomic E-state index is 11.5. The van der Waals surface area contributed by atoms with E-state index in [-0.39, 0.29) is 11.5 Å². The number of hydrogen-bond acceptors (Lipinski definition) is 4. The molecule has 0 spiro atoms. The van der Waals surface area contributed by atoms with E-state index in [9.17, 15) is 9.59 Å². The minimum Gasteiger partial charge on any atom is -0.398 e. The van der Waals surface area contributed by atoms with Crippen molar-refractivity contribution < 1.29 is 4.79 Å². The van der Waals surface area contributed by atoms with Gasteiger partial charge in [-0.2, -0.15) is 0 Å². The van der Waals surface area contributed by atoms with Crippen molar-refractivity contribution in [1.82, 2.24) is 14.8 Å². The number of rotatable bonds is 3. The molecule has 1 aromatic rings. The van der Waals surface area contributed by atoms with E-state index in [0.717, 1.165) is 6.54 Å². The summed E-state index contributed by atoms with van der Waals surface area (Å²) in [6, 6.07) is 3.05. The summed E-state index contributed by atoms with van der Waals surface area (Å²) in [5, 5.41) is 2.76. The van der Waals surface area contributed by atoms with Gasteiger partial charge < -0.3 is 15.6 Å². The lowest BCUT2D eigenvalue weighted by molar-refractivity contribution is -0.124. The standard InChI is InChI=1S/C11H16N4O2/c12-9-1-2-11(17)15(7-9)6-5-14-4-3-13-10(16)8-14/h1-2,7H,3-6,8,12H2,(H,13,16). The maximum Gasteiger partial charge on any atom is 0.250 e. The van der Waals surface area contributed by atoms with E-state index in [0.29, 0.717) is 31.9 Å². The summed E-state index contributed by atoms with van der Waals surface area (Å²) < 4.78 is 1.57. The lowest BCUT2D eigenvalue weighted by atomic mass is 10.3. The number of nitrogens with one attached hydrogen (secondary N) is 1. The second kappa shape index (κ2) is 5.01. The number of carbonyl (C=O) groups is 1. The minimum atomic E-state index is -0.0688. The molecule has 1 amide bonds. The summed E-state index contributed by atoms with van der Waals surface area (Å²) >= 11 is 0. The molecule has 0 bridgehead atoms. The Morgan fingerprint density at radius 3 is 2.88 bits per heavy atom. The van der Waals surface area contributed by atoms with Crippen molar-refractivity contribution in [3.63, 3.8) is 0 Å².